The van der Waals surface area contributed by atoms with Gasteiger partial charge < -0.3 is 4.98 Å². The highest BCUT2D eigenvalue weighted by Gasteiger charge is 2.18. The van der Waals surface area contributed by atoms with E-state index in [4.69, 9.17) is 4.98 Å². The zero-order chi connectivity index (χ0) is 17.4. The molecule has 3 heterocycles. The number of H-pyrrole nitrogens is 1. The lowest BCUT2D eigenvalue weighted by molar-refractivity contribution is 0.173. The summed E-state index contributed by atoms with van der Waals surface area (Å²) in [4.78, 5) is 23.7. The molecule has 0 radical (unpaired) electrons. The molecule has 0 bridgehead atoms. The second-order valence-electron chi connectivity index (χ2n) is 6.83. The van der Waals surface area contributed by atoms with Crippen LogP contribution in [0.4, 0.5) is 0 Å². The van der Waals surface area contributed by atoms with Crippen LogP contribution in [-0.2, 0) is 6.54 Å². The quantitative estimate of drug-likeness (QED) is 0.674. The van der Waals surface area contributed by atoms with Crippen LogP contribution in [0.15, 0.2) is 38.9 Å². The van der Waals surface area contributed by atoms with Crippen LogP contribution >= 0.6 is 27.3 Å². The highest BCUT2D eigenvalue weighted by atomic mass is 79.9. The Labute approximate surface area is 159 Å². The van der Waals surface area contributed by atoms with Gasteiger partial charge in [-0.05, 0) is 43.0 Å². The number of likely N-dealkylation sites (tertiary alicyclic amines) is 1. The molecular weight excluding hydrogens is 398 g/mol. The standard InChI is InChI=1S/C19H20BrN3OS/c1-12-3-2-8-23(9-12)10-16-21-18(24)17-15(11-25-19(17)22-16)13-4-6-14(20)7-5-13/h4-7,11-12H,2-3,8-10H2,1H3,(H,21,22,24)/t12-/m1/s1. The summed E-state index contributed by atoms with van der Waals surface area (Å²) in [6.45, 7) is 5.17. The maximum absolute atomic E-state index is 12.7. The molecule has 1 atom stereocenters. The van der Waals surface area contributed by atoms with E-state index in [0.717, 1.165) is 51.8 Å². The third-order valence-corrected chi connectivity index (χ3v) is 6.16. The molecule has 4 nitrogen and oxygen atoms in total. The Kier molecular flexibility index (Phi) is 4.75. The summed E-state index contributed by atoms with van der Waals surface area (Å²) in [5.74, 6) is 1.49. The molecule has 0 spiro atoms. The molecule has 1 aliphatic rings. The number of piperidine rings is 1. The number of halogens is 1. The van der Waals surface area contributed by atoms with Crippen molar-refractivity contribution in [3.8, 4) is 11.1 Å². The first-order valence-corrected chi connectivity index (χ1v) is 10.3. The van der Waals surface area contributed by atoms with Crippen LogP contribution in [0.2, 0.25) is 0 Å². The molecule has 6 heteroatoms. The molecule has 1 aromatic carbocycles. The number of nitrogens with zero attached hydrogens (tertiary/aromatic N) is 2. The van der Waals surface area contributed by atoms with E-state index >= 15 is 0 Å². The average molecular weight is 418 g/mol. The second kappa shape index (κ2) is 7.02. The van der Waals surface area contributed by atoms with Crippen LogP contribution in [0.3, 0.4) is 0 Å². The van der Waals surface area contributed by atoms with Crippen molar-refractivity contribution in [2.75, 3.05) is 13.1 Å². The molecule has 3 aromatic rings. The van der Waals surface area contributed by atoms with Crippen molar-refractivity contribution in [3.05, 3.63) is 50.3 Å². The number of fused-ring (bicyclic) bond motifs is 1. The minimum Gasteiger partial charge on any atom is -0.309 e. The van der Waals surface area contributed by atoms with Crippen molar-refractivity contribution in [2.45, 2.75) is 26.3 Å². The van der Waals surface area contributed by atoms with Gasteiger partial charge >= 0.3 is 0 Å². The summed E-state index contributed by atoms with van der Waals surface area (Å²) in [7, 11) is 0. The van der Waals surface area contributed by atoms with Crippen LogP contribution in [0.1, 0.15) is 25.6 Å². The number of hydrogen-bond donors (Lipinski definition) is 1. The Morgan fingerprint density at radius 2 is 2.16 bits per heavy atom. The maximum atomic E-state index is 12.7. The van der Waals surface area contributed by atoms with Gasteiger partial charge in [0.15, 0.2) is 0 Å². The summed E-state index contributed by atoms with van der Waals surface area (Å²) in [6, 6.07) is 8.03. The zero-order valence-electron chi connectivity index (χ0n) is 14.1. The molecule has 25 heavy (non-hydrogen) atoms. The molecule has 1 saturated heterocycles. The van der Waals surface area contributed by atoms with Gasteiger partial charge in [0.05, 0.1) is 11.9 Å². The van der Waals surface area contributed by atoms with Crippen LogP contribution in [0.25, 0.3) is 21.3 Å². The molecule has 4 rings (SSSR count). The molecule has 1 fully saturated rings. The highest BCUT2D eigenvalue weighted by molar-refractivity contribution is 9.10. The SMILES string of the molecule is C[C@@H]1CCCN(Cc2nc3scc(-c4ccc(Br)cc4)c3c(=O)[nH]2)C1. The van der Waals surface area contributed by atoms with Crippen molar-refractivity contribution in [3.63, 3.8) is 0 Å². The number of benzene rings is 1. The van der Waals surface area contributed by atoms with Gasteiger partial charge in [-0.15, -0.1) is 11.3 Å². The molecule has 1 N–H and O–H groups in total. The van der Waals surface area contributed by atoms with Crippen molar-refractivity contribution in [1.82, 2.24) is 14.9 Å². The molecule has 0 unspecified atom stereocenters. The summed E-state index contributed by atoms with van der Waals surface area (Å²) in [6.07, 6.45) is 2.52. The Balaban J connectivity index is 1.67. The van der Waals surface area contributed by atoms with Crippen LogP contribution < -0.4 is 5.56 Å². The summed E-state index contributed by atoms with van der Waals surface area (Å²) in [5, 5.41) is 2.73. The van der Waals surface area contributed by atoms with E-state index in [1.165, 1.54) is 12.8 Å². The van der Waals surface area contributed by atoms with Gasteiger partial charge in [0, 0.05) is 22.0 Å². The molecule has 0 amide bonds. The Morgan fingerprint density at radius 1 is 1.36 bits per heavy atom. The number of aromatic nitrogens is 2. The van der Waals surface area contributed by atoms with E-state index in [-0.39, 0.29) is 5.56 Å². The smallest absolute Gasteiger partial charge is 0.260 e. The highest BCUT2D eigenvalue weighted by Crippen LogP contribution is 2.31. The number of thiophene rings is 1. The molecule has 0 aliphatic carbocycles. The molecule has 130 valence electrons. The first-order valence-electron chi connectivity index (χ1n) is 8.59. The van der Waals surface area contributed by atoms with Crippen molar-refractivity contribution in [2.24, 2.45) is 5.92 Å². The molecule has 1 aliphatic heterocycles. The fourth-order valence-corrected chi connectivity index (χ4v) is 4.78. The first kappa shape index (κ1) is 16.9. The lowest BCUT2D eigenvalue weighted by Crippen LogP contribution is -2.34. The van der Waals surface area contributed by atoms with Gasteiger partial charge in [0.2, 0.25) is 0 Å². The Bertz CT molecular complexity index is 947. The average Bonchev–Trinajstić information content (AvgIpc) is 3.00. The fourth-order valence-electron chi connectivity index (χ4n) is 3.55. The van der Waals surface area contributed by atoms with E-state index in [0.29, 0.717) is 5.39 Å². The van der Waals surface area contributed by atoms with E-state index in [2.05, 4.69) is 32.7 Å². The summed E-state index contributed by atoms with van der Waals surface area (Å²) < 4.78 is 1.03. The maximum Gasteiger partial charge on any atom is 0.260 e. The third kappa shape index (κ3) is 3.57. The van der Waals surface area contributed by atoms with E-state index in [1.54, 1.807) is 11.3 Å². The minimum absolute atomic E-state index is 0.0378. The Morgan fingerprint density at radius 3 is 2.92 bits per heavy atom. The van der Waals surface area contributed by atoms with Crippen LogP contribution in [0, 0.1) is 5.92 Å². The second-order valence-corrected chi connectivity index (χ2v) is 8.61. The topological polar surface area (TPSA) is 49.0 Å². The zero-order valence-corrected chi connectivity index (χ0v) is 16.5. The lowest BCUT2D eigenvalue weighted by atomic mass is 10.0. The molecule has 0 saturated carbocycles. The Hall–Kier alpha value is -1.50. The summed E-state index contributed by atoms with van der Waals surface area (Å²) >= 11 is 4.99. The molecule has 2 aromatic heterocycles. The van der Waals surface area contributed by atoms with Gasteiger partial charge in [0.1, 0.15) is 10.7 Å². The van der Waals surface area contributed by atoms with Crippen molar-refractivity contribution in [1.29, 1.82) is 0 Å². The van der Waals surface area contributed by atoms with Gasteiger partial charge in [-0.3, -0.25) is 9.69 Å². The van der Waals surface area contributed by atoms with Gasteiger partial charge in [-0.2, -0.15) is 0 Å². The summed E-state index contributed by atoms with van der Waals surface area (Å²) in [5.41, 5.74) is 1.96. The predicted octanol–water partition coefficient (Wildman–Crippen LogP) is 4.65. The minimum atomic E-state index is -0.0378. The normalized spacial score (nSPS) is 18.7. The van der Waals surface area contributed by atoms with E-state index in [1.807, 2.05) is 29.6 Å². The third-order valence-electron chi connectivity index (χ3n) is 4.76. The van der Waals surface area contributed by atoms with Gasteiger partial charge in [-0.25, -0.2) is 4.98 Å². The van der Waals surface area contributed by atoms with Crippen molar-refractivity contribution < 1.29 is 0 Å². The molecular formula is C19H20BrN3OS. The fraction of sp³-hybridized carbons (Fsp3) is 0.368. The number of aromatic amines is 1. The van der Waals surface area contributed by atoms with Gasteiger partial charge in [0.25, 0.3) is 5.56 Å². The first-order chi connectivity index (χ1) is 12.1. The van der Waals surface area contributed by atoms with E-state index < -0.39 is 0 Å². The largest absolute Gasteiger partial charge is 0.309 e. The lowest BCUT2D eigenvalue weighted by Gasteiger charge is -2.30. The van der Waals surface area contributed by atoms with E-state index in [9.17, 15) is 4.79 Å². The monoisotopic (exact) mass is 417 g/mol. The van der Waals surface area contributed by atoms with Crippen LogP contribution in [-0.4, -0.2) is 28.0 Å². The number of rotatable bonds is 3. The number of hydrogen-bond acceptors (Lipinski definition) is 4. The van der Waals surface area contributed by atoms with Gasteiger partial charge in [-0.1, -0.05) is 35.0 Å². The predicted molar refractivity (Wildman–Crippen MR) is 107 cm³/mol. The van der Waals surface area contributed by atoms with Crippen LogP contribution in [0.5, 0.6) is 0 Å². The van der Waals surface area contributed by atoms with Crippen molar-refractivity contribution >= 4 is 37.5 Å². The number of nitrogens with one attached hydrogen (secondary N) is 1.